The number of amides is 1. The number of aromatic nitrogens is 2. The molecule has 4 rings (SSSR count). The quantitative estimate of drug-likeness (QED) is 0.624. The maximum Gasteiger partial charge on any atom is 0.236 e. The summed E-state index contributed by atoms with van der Waals surface area (Å²) in [6, 6.07) is 0. The highest BCUT2D eigenvalue weighted by Crippen LogP contribution is 2.29. The Balaban J connectivity index is 1.16. The fourth-order valence-electron chi connectivity index (χ4n) is 3.12. The largest absolute Gasteiger partial charge is 0.381 e. The van der Waals surface area contributed by atoms with E-state index in [9.17, 15) is 4.79 Å². The minimum absolute atomic E-state index is 0.169. The fraction of sp³-hybridized carbons (Fsp3) is 0.824. The second-order valence-electron chi connectivity index (χ2n) is 7.20. The van der Waals surface area contributed by atoms with Crippen LogP contribution in [0.1, 0.15) is 30.5 Å². The van der Waals surface area contributed by atoms with Gasteiger partial charge in [-0.2, -0.15) is 4.98 Å². The Hall–Kier alpha value is -1.51. The van der Waals surface area contributed by atoms with E-state index in [0.29, 0.717) is 57.6 Å². The molecule has 3 heterocycles. The van der Waals surface area contributed by atoms with Crippen LogP contribution in [0.25, 0.3) is 0 Å². The van der Waals surface area contributed by atoms with E-state index in [1.165, 1.54) is 12.8 Å². The summed E-state index contributed by atoms with van der Waals surface area (Å²) in [6.45, 7) is 6.40. The molecule has 0 atom stereocenters. The highest BCUT2D eigenvalue weighted by Gasteiger charge is 2.36. The van der Waals surface area contributed by atoms with E-state index in [-0.39, 0.29) is 11.8 Å². The van der Waals surface area contributed by atoms with Gasteiger partial charge in [-0.25, -0.2) is 0 Å². The van der Waals surface area contributed by atoms with E-state index < -0.39 is 0 Å². The van der Waals surface area contributed by atoms with Crippen LogP contribution in [0.5, 0.6) is 0 Å². The van der Waals surface area contributed by atoms with E-state index in [1.807, 2.05) is 4.90 Å². The van der Waals surface area contributed by atoms with Gasteiger partial charge in [-0.3, -0.25) is 9.69 Å². The maximum absolute atomic E-state index is 12.3. The van der Waals surface area contributed by atoms with Gasteiger partial charge in [-0.15, -0.1) is 0 Å². The van der Waals surface area contributed by atoms with Crippen molar-refractivity contribution in [1.29, 1.82) is 0 Å². The minimum atomic E-state index is 0.169. The first-order valence-electron chi connectivity index (χ1n) is 9.26. The van der Waals surface area contributed by atoms with Crippen molar-refractivity contribution in [2.75, 3.05) is 59.2 Å². The summed E-state index contributed by atoms with van der Waals surface area (Å²) in [7, 11) is 0. The topological polar surface area (TPSA) is 80.9 Å². The van der Waals surface area contributed by atoms with Crippen molar-refractivity contribution in [2.24, 2.45) is 5.92 Å². The van der Waals surface area contributed by atoms with Gasteiger partial charge >= 0.3 is 0 Å². The molecule has 0 radical (unpaired) electrons. The molecule has 0 aromatic carbocycles. The Morgan fingerprint density at radius 2 is 2.04 bits per heavy atom. The minimum Gasteiger partial charge on any atom is -0.381 e. The van der Waals surface area contributed by atoms with E-state index >= 15 is 0 Å². The van der Waals surface area contributed by atoms with Gasteiger partial charge in [-0.1, -0.05) is 5.16 Å². The van der Waals surface area contributed by atoms with Crippen LogP contribution in [-0.4, -0.2) is 85.0 Å². The highest BCUT2D eigenvalue weighted by atomic mass is 16.5. The molecule has 1 aromatic heterocycles. The lowest BCUT2D eigenvalue weighted by molar-refractivity contribution is -0.138. The predicted molar refractivity (Wildman–Crippen MR) is 88.1 cm³/mol. The Labute approximate surface area is 147 Å². The number of rotatable bonds is 8. The molecular weight excluding hydrogens is 324 g/mol. The average Bonchev–Trinajstić information content (AvgIpc) is 3.29. The Morgan fingerprint density at radius 3 is 2.80 bits per heavy atom. The van der Waals surface area contributed by atoms with Crippen LogP contribution in [0.15, 0.2) is 4.52 Å². The van der Waals surface area contributed by atoms with Gasteiger partial charge in [0.1, 0.15) is 0 Å². The van der Waals surface area contributed by atoms with Gasteiger partial charge in [0.2, 0.25) is 11.8 Å². The van der Waals surface area contributed by atoms with E-state index in [1.54, 1.807) is 0 Å². The predicted octanol–water partition coefficient (Wildman–Crippen LogP) is 0.297. The second-order valence-corrected chi connectivity index (χ2v) is 7.20. The van der Waals surface area contributed by atoms with Crippen LogP contribution < -0.4 is 0 Å². The summed E-state index contributed by atoms with van der Waals surface area (Å²) in [5.41, 5.74) is 0. The number of carbonyl (C=O) groups excluding carboxylic acids is 1. The zero-order valence-corrected chi connectivity index (χ0v) is 14.6. The summed E-state index contributed by atoms with van der Waals surface area (Å²) < 4.78 is 16.3. The van der Waals surface area contributed by atoms with Crippen LogP contribution in [0, 0.1) is 5.92 Å². The van der Waals surface area contributed by atoms with Crippen molar-refractivity contribution in [2.45, 2.75) is 25.2 Å². The molecule has 138 valence electrons. The molecule has 25 heavy (non-hydrogen) atoms. The standard InChI is InChI=1S/C17H26N4O4/c22-16(11-20-4-7-23-8-5-20)21-9-14(10-21)17-18-15(19-25-17)3-6-24-12-13-1-2-13/h13-14H,1-12H2. The summed E-state index contributed by atoms with van der Waals surface area (Å²) in [5.74, 6) is 2.46. The SMILES string of the molecule is O=C(CN1CCOCC1)N1CC(c2nc(CCOCC3CC3)no2)C1. The molecule has 2 aliphatic heterocycles. The van der Waals surface area contributed by atoms with Gasteiger partial charge in [-0.05, 0) is 18.8 Å². The summed E-state index contributed by atoms with van der Waals surface area (Å²) >= 11 is 0. The average molecular weight is 350 g/mol. The zero-order chi connectivity index (χ0) is 17.1. The maximum atomic E-state index is 12.3. The molecule has 1 aliphatic carbocycles. The van der Waals surface area contributed by atoms with Crippen molar-refractivity contribution < 1.29 is 18.8 Å². The van der Waals surface area contributed by atoms with Crippen LogP contribution in [-0.2, 0) is 20.7 Å². The van der Waals surface area contributed by atoms with Crippen molar-refractivity contribution in [1.82, 2.24) is 19.9 Å². The van der Waals surface area contributed by atoms with Gasteiger partial charge in [0, 0.05) is 39.2 Å². The Morgan fingerprint density at radius 1 is 1.24 bits per heavy atom. The van der Waals surface area contributed by atoms with Crippen molar-refractivity contribution in [3.63, 3.8) is 0 Å². The normalized spacial score (nSPS) is 22.2. The van der Waals surface area contributed by atoms with Crippen molar-refractivity contribution >= 4 is 5.91 Å². The lowest BCUT2D eigenvalue weighted by atomic mass is 10.00. The van der Waals surface area contributed by atoms with Crippen LogP contribution in [0.4, 0.5) is 0 Å². The molecule has 2 saturated heterocycles. The molecule has 1 amide bonds. The van der Waals surface area contributed by atoms with Gasteiger partial charge in [0.25, 0.3) is 0 Å². The van der Waals surface area contributed by atoms with Gasteiger partial charge in [0.15, 0.2) is 5.82 Å². The molecule has 0 unspecified atom stereocenters. The summed E-state index contributed by atoms with van der Waals surface area (Å²) in [4.78, 5) is 20.7. The van der Waals surface area contributed by atoms with E-state index in [4.69, 9.17) is 14.0 Å². The van der Waals surface area contributed by atoms with Crippen LogP contribution in [0.3, 0.4) is 0 Å². The lowest BCUT2D eigenvalue weighted by Crippen LogP contribution is -2.53. The molecule has 0 bridgehead atoms. The third-order valence-corrected chi connectivity index (χ3v) is 5.05. The number of carbonyl (C=O) groups is 1. The molecule has 3 fully saturated rings. The van der Waals surface area contributed by atoms with Crippen molar-refractivity contribution in [3.8, 4) is 0 Å². The second kappa shape index (κ2) is 7.80. The number of ether oxygens (including phenoxy) is 2. The zero-order valence-electron chi connectivity index (χ0n) is 14.6. The first-order valence-corrected chi connectivity index (χ1v) is 9.26. The molecule has 1 aromatic rings. The molecule has 8 heteroatoms. The summed E-state index contributed by atoms with van der Waals surface area (Å²) in [5, 5.41) is 4.02. The van der Waals surface area contributed by atoms with Crippen LogP contribution >= 0.6 is 0 Å². The number of likely N-dealkylation sites (tertiary alicyclic amines) is 1. The first-order chi connectivity index (χ1) is 12.3. The van der Waals surface area contributed by atoms with Crippen molar-refractivity contribution in [3.05, 3.63) is 11.7 Å². The first kappa shape index (κ1) is 16.9. The van der Waals surface area contributed by atoms with Gasteiger partial charge in [0.05, 0.1) is 32.3 Å². The molecule has 0 spiro atoms. The van der Waals surface area contributed by atoms with Gasteiger partial charge < -0.3 is 18.9 Å². The third-order valence-electron chi connectivity index (χ3n) is 5.05. The number of hydrogen-bond acceptors (Lipinski definition) is 7. The highest BCUT2D eigenvalue weighted by molar-refractivity contribution is 5.79. The molecule has 3 aliphatic rings. The number of nitrogens with zero attached hydrogens (tertiary/aromatic N) is 4. The smallest absolute Gasteiger partial charge is 0.236 e. The number of hydrogen-bond donors (Lipinski definition) is 0. The molecule has 0 N–H and O–H groups in total. The van der Waals surface area contributed by atoms with E-state index in [2.05, 4.69) is 15.0 Å². The molecule has 1 saturated carbocycles. The lowest BCUT2D eigenvalue weighted by Gasteiger charge is -2.38. The molecular formula is C17H26N4O4. The number of morpholine rings is 1. The van der Waals surface area contributed by atoms with E-state index in [0.717, 1.165) is 25.6 Å². The summed E-state index contributed by atoms with van der Waals surface area (Å²) in [6.07, 6.45) is 3.28. The fourth-order valence-corrected chi connectivity index (χ4v) is 3.12. The Kier molecular flexibility index (Phi) is 5.28. The Bertz CT molecular complexity index is 577. The third kappa shape index (κ3) is 4.56. The molecule has 8 nitrogen and oxygen atoms in total. The monoisotopic (exact) mass is 350 g/mol. The van der Waals surface area contributed by atoms with Crippen LogP contribution in [0.2, 0.25) is 0 Å².